The molecule has 166 valence electrons. The van der Waals surface area contributed by atoms with Gasteiger partial charge in [-0.25, -0.2) is 0 Å². The molecule has 0 saturated heterocycles. The maximum Gasteiger partial charge on any atom is 0.252 e. The number of nitrogens with one attached hydrogen (secondary N) is 2. The maximum absolute atomic E-state index is 12.8. The van der Waals surface area contributed by atoms with E-state index in [1.54, 1.807) is 6.07 Å². The number of aromatic nitrogens is 3. The Labute approximate surface area is 187 Å². The summed E-state index contributed by atoms with van der Waals surface area (Å²) in [6.07, 6.45) is 10.4. The number of carbonyl (C=O) groups is 2. The van der Waals surface area contributed by atoms with Crippen LogP contribution in [-0.2, 0) is 24.3 Å². The topological polar surface area (TPSA) is 88.9 Å². The minimum Gasteiger partial charge on any atom is -0.353 e. The Morgan fingerprint density at radius 3 is 2.65 bits per heavy atom. The monoisotopic (exact) mass is 441 g/mol. The van der Waals surface area contributed by atoms with Crippen molar-refractivity contribution in [3.63, 3.8) is 0 Å². The van der Waals surface area contributed by atoms with Gasteiger partial charge in [0, 0.05) is 23.9 Å². The summed E-state index contributed by atoms with van der Waals surface area (Å²) in [6.45, 7) is 1.27. The second kappa shape index (κ2) is 10.8. The Morgan fingerprint density at radius 1 is 1.03 bits per heavy atom. The molecule has 1 saturated carbocycles. The zero-order chi connectivity index (χ0) is 21.5. The third-order valence-electron chi connectivity index (χ3n) is 6.05. The van der Waals surface area contributed by atoms with Crippen LogP contribution in [-0.4, -0.2) is 38.4 Å². The van der Waals surface area contributed by atoms with Gasteiger partial charge >= 0.3 is 0 Å². The number of fused-ring (bicyclic) bond motifs is 1. The first-order valence-corrected chi connectivity index (χ1v) is 12.4. The molecule has 2 aromatic rings. The molecule has 2 aliphatic rings. The molecule has 1 aliphatic carbocycles. The standard InChI is InChI=1S/C23H31N5O2S/c29-22(25-17-9-4-2-1-3-5-10-17)16-31-19-12-7-6-11-18(19)23(30)24-15-21-27-26-20-13-8-14-28(20)21/h6-7,11-12,17H,1-5,8-10,13-16H2,(H,24,30)(H,25,29). The third-order valence-corrected chi connectivity index (χ3v) is 7.13. The van der Waals surface area contributed by atoms with Gasteiger partial charge in [-0.15, -0.1) is 22.0 Å². The number of aryl methyl sites for hydroxylation is 1. The van der Waals surface area contributed by atoms with Gasteiger partial charge in [0.15, 0.2) is 5.82 Å². The van der Waals surface area contributed by atoms with Crippen molar-refractivity contribution in [3.8, 4) is 0 Å². The van der Waals surface area contributed by atoms with Gasteiger partial charge in [-0.3, -0.25) is 9.59 Å². The Hall–Kier alpha value is -2.35. The largest absolute Gasteiger partial charge is 0.353 e. The molecule has 0 radical (unpaired) electrons. The molecule has 31 heavy (non-hydrogen) atoms. The highest BCUT2D eigenvalue weighted by atomic mass is 32.2. The number of hydrogen-bond acceptors (Lipinski definition) is 5. The van der Waals surface area contributed by atoms with E-state index >= 15 is 0 Å². The van der Waals surface area contributed by atoms with Crippen LogP contribution in [0.1, 0.15) is 73.4 Å². The second-order valence-electron chi connectivity index (χ2n) is 8.36. The number of nitrogens with zero attached hydrogens (tertiary/aromatic N) is 3. The SMILES string of the molecule is O=C(CSc1ccccc1C(=O)NCc1nnc2n1CCC2)NC1CCCCCCC1. The highest BCUT2D eigenvalue weighted by Gasteiger charge is 2.19. The van der Waals surface area contributed by atoms with Crippen LogP contribution in [0.4, 0.5) is 0 Å². The molecule has 2 N–H and O–H groups in total. The predicted octanol–water partition coefficient (Wildman–Crippen LogP) is 3.48. The van der Waals surface area contributed by atoms with Gasteiger partial charge in [0.2, 0.25) is 5.91 Å². The van der Waals surface area contributed by atoms with E-state index in [4.69, 9.17) is 0 Å². The molecule has 0 unspecified atom stereocenters. The lowest BCUT2D eigenvalue weighted by molar-refractivity contribution is -0.119. The van der Waals surface area contributed by atoms with Crippen LogP contribution in [0, 0.1) is 0 Å². The first-order chi connectivity index (χ1) is 15.2. The Bertz CT molecular complexity index is 905. The Kier molecular flexibility index (Phi) is 7.61. The molecule has 7 nitrogen and oxygen atoms in total. The molecular weight excluding hydrogens is 410 g/mol. The fraction of sp³-hybridized carbons (Fsp3) is 0.565. The molecule has 0 atom stereocenters. The van der Waals surface area contributed by atoms with Crippen LogP contribution in [0.5, 0.6) is 0 Å². The van der Waals surface area contributed by atoms with E-state index in [9.17, 15) is 9.59 Å². The third kappa shape index (κ3) is 5.87. The predicted molar refractivity (Wildman–Crippen MR) is 121 cm³/mol. The average molecular weight is 442 g/mol. The van der Waals surface area contributed by atoms with Crippen molar-refractivity contribution in [2.24, 2.45) is 0 Å². The first kappa shape index (κ1) is 21.9. The lowest BCUT2D eigenvalue weighted by Gasteiger charge is -2.21. The molecule has 0 spiro atoms. The molecule has 1 aromatic heterocycles. The van der Waals surface area contributed by atoms with Gasteiger partial charge in [0.05, 0.1) is 17.9 Å². The fourth-order valence-corrected chi connectivity index (χ4v) is 5.25. The summed E-state index contributed by atoms with van der Waals surface area (Å²) >= 11 is 1.42. The highest BCUT2D eigenvalue weighted by Crippen LogP contribution is 2.23. The van der Waals surface area contributed by atoms with Gasteiger partial charge in [0.1, 0.15) is 5.82 Å². The minimum atomic E-state index is -0.154. The van der Waals surface area contributed by atoms with E-state index in [1.165, 1.54) is 43.9 Å². The first-order valence-electron chi connectivity index (χ1n) is 11.4. The second-order valence-corrected chi connectivity index (χ2v) is 9.38. The van der Waals surface area contributed by atoms with Crippen molar-refractivity contribution in [2.45, 2.75) is 81.8 Å². The number of amides is 2. The molecule has 2 amide bonds. The van der Waals surface area contributed by atoms with Crippen LogP contribution in [0.2, 0.25) is 0 Å². The van der Waals surface area contributed by atoms with E-state index in [0.717, 1.165) is 48.8 Å². The minimum absolute atomic E-state index is 0.0461. The van der Waals surface area contributed by atoms with Gasteiger partial charge in [-0.2, -0.15) is 0 Å². The lowest BCUT2D eigenvalue weighted by Crippen LogP contribution is -2.36. The van der Waals surface area contributed by atoms with E-state index in [2.05, 4.69) is 25.4 Å². The van der Waals surface area contributed by atoms with Crippen LogP contribution >= 0.6 is 11.8 Å². The van der Waals surface area contributed by atoms with Gasteiger partial charge < -0.3 is 15.2 Å². The molecule has 2 heterocycles. The number of hydrogen-bond donors (Lipinski definition) is 2. The van der Waals surface area contributed by atoms with E-state index in [0.29, 0.717) is 17.9 Å². The molecule has 8 heteroatoms. The van der Waals surface area contributed by atoms with Crippen LogP contribution in [0.15, 0.2) is 29.2 Å². The molecule has 1 aromatic carbocycles. The van der Waals surface area contributed by atoms with Gasteiger partial charge in [-0.1, -0.05) is 44.2 Å². The quantitative estimate of drug-likeness (QED) is 0.642. The molecule has 4 rings (SSSR count). The number of benzene rings is 1. The van der Waals surface area contributed by atoms with Crippen molar-refractivity contribution in [1.29, 1.82) is 0 Å². The molecular formula is C23H31N5O2S. The summed E-state index contributed by atoms with van der Waals surface area (Å²) < 4.78 is 2.08. The number of thioether (sulfide) groups is 1. The highest BCUT2D eigenvalue weighted by molar-refractivity contribution is 8.00. The summed E-state index contributed by atoms with van der Waals surface area (Å²) in [7, 11) is 0. The molecule has 1 aliphatic heterocycles. The Balaban J connectivity index is 1.30. The summed E-state index contributed by atoms with van der Waals surface area (Å²) in [4.78, 5) is 26.1. The van der Waals surface area contributed by atoms with Crippen molar-refractivity contribution < 1.29 is 9.59 Å². The van der Waals surface area contributed by atoms with Crippen molar-refractivity contribution in [1.82, 2.24) is 25.4 Å². The Morgan fingerprint density at radius 2 is 1.81 bits per heavy atom. The van der Waals surface area contributed by atoms with E-state index in [1.807, 2.05) is 18.2 Å². The smallest absolute Gasteiger partial charge is 0.252 e. The summed E-state index contributed by atoms with van der Waals surface area (Å²) in [6, 6.07) is 7.74. The average Bonchev–Trinajstić information content (AvgIpc) is 3.37. The maximum atomic E-state index is 12.8. The van der Waals surface area contributed by atoms with E-state index < -0.39 is 0 Å². The molecule has 1 fully saturated rings. The summed E-state index contributed by atoms with van der Waals surface area (Å²) in [5.41, 5.74) is 0.590. The van der Waals surface area contributed by atoms with E-state index in [-0.39, 0.29) is 17.9 Å². The summed E-state index contributed by atoms with van der Waals surface area (Å²) in [5.74, 6) is 2.00. The normalized spacial score (nSPS) is 16.9. The number of carbonyl (C=O) groups excluding carboxylic acids is 2. The van der Waals surface area contributed by atoms with Crippen LogP contribution < -0.4 is 10.6 Å². The lowest BCUT2D eigenvalue weighted by atomic mass is 9.97. The zero-order valence-electron chi connectivity index (χ0n) is 17.9. The van der Waals surface area contributed by atoms with Gasteiger partial charge in [-0.05, 0) is 31.4 Å². The van der Waals surface area contributed by atoms with Crippen molar-refractivity contribution >= 4 is 23.6 Å². The molecule has 0 bridgehead atoms. The zero-order valence-corrected chi connectivity index (χ0v) is 18.8. The summed E-state index contributed by atoms with van der Waals surface area (Å²) in [5, 5.41) is 14.5. The van der Waals surface area contributed by atoms with Crippen LogP contribution in [0.25, 0.3) is 0 Å². The number of rotatable bonds is 7. The van der Waals surface area contributed by atoms with Gasteiger partial charge in [0.25, 0.3) is 5.91 Å². The fourth-order valence-electron chi connectivity index (χ4n) is 4.39. The van der Waals surface area contributed by atoms with Crippen LogP contribution in [0.3, 0.4) is 0 Å². The van der Waals surface area contributed by atoms with Crippen molar-refractivity contribution in [3.05, 3.63) is 41.5 Å². The van der Waals surface area contributed by atoms with Crippen molar-refractivity contribution in [2.75, 3.05) is 5.75 Å².